The Bertz CT molecular complexity index is 764. The number of quaternary nitrogens is 1. The number of amides is 3. The average Bonchev–Trinajstić information content (AvgIpc) is 3.10. The highest BCUT2D eigenvalue weighted by Crippen LogP contribution is 2.32. The Balaban J connectivity index is 1.73. The zero-order chi connectivity index (χ0) is 17.6. The molecule has 1 heterocycles. The van der Waals surface area contributed by atoms with Gasteiger partial charge in [0, 0.05) is 18.2 Å². The van der Waals surface area contributed by atoms with Crippen LogP contribution in [0.25, 0.3) is 0 Å². The molecule has 1 aliphatic rings. The van der Waals surface area contributed by atoms with E-state index >= 15 is 0 Å². The first-order valence-electron chi connectivity index (χ1n) is 7.97. The molecule has 25 heavy (non-hydrogen) atoms. The van der Waals surface area contributed by atoms with E-state index in [0.717, 1.165) is 16.9 Å². The zero-order valence-corrected chi connectivity index (χ0v) is 13.8. The molecule has 3 rings (SSSR count). The third kappa shape index (κ3) is 4.07. The highest BCUT2D eigenvalue weighted by Gasteiger charge is 2.25. The van der Waals surface area contributed by atoms with Crippen LogP contribution in [0.15, 0.2) is 48.5 Å². The Morgan fingerprint density at radius 2 is 1.88 bits per heavy atom. The second kappa shape index (κ2) is 7.67. The van der Waals surface area contributed by atoms with Gasteiger partial charge in [0.05, 0.1) is 0 Å². The number of benzene rings is 2. The lowest BCUT2D eigenvalue weighted by atomic mass is 10.1. The van der Waals surface area contributed by atoms with Crippen molar-refractivity contribution >= 4 is 11.9 Å². The van der Waals surface area contributed by atoms with E-state index in [9.17, 15) is 9.59 Å². The topological polar surface area (TPSA) is 93.3 Å². The number of imide groups is 1. The largest absolute Gasteiger partial charge is 0.454 e. The molecule has 0 bridgehead atoms. The molecule has 7 heteroatoms. The van der Waals surface area contributed by atoms with Crippen LogP contribution in [0.1, 0.15) is 17.2 Å². The summed E-state index contributed by atoms with van der Waals surface area (Å²) in [5.41, 5.74) is 1.82. The number of carbonyl (C=O) groups is 2. The summed E-state index contributed by atoms with van der Waals surface area (Å²) in [6, 6.07) is 14.0. The maximum atomic E-state index is 12.5. The van der Waals surface area contributed by atoms with Crippen molar-refractivity contribution < 1.29 is 24.4 Å². The minimum atomic E-state index is -0.538. The molecule has 0 unspecified atom stereocenters. The first-order chi connectivity index (χ1) is 12.2. The lowest BCUT2D eigenvalue weighted by molar-refractivity contribution is -0.698. The Morgan fingerprint density at radius 3 is 2.64 bits per heavy atom. The van der Waals surface area contributed by atoms with Gasteiger partial charge in [-0.1, -0.05) is 30.3 Å². The number of fused-ring (bicyclic) bond motifs is 1. The predicted molar refractivity (Wildman–Crippen MR) is 90.0 cm³/mol. The summed E-state index contributed by atoms with van der Waals surface area (Å²) in [4.78, 5) is 23.9. The molecule has 0 saturated carbocycles. The van der Waals surface area contributed by atoms with Crippen molar-refractivity contribution in [2.75, 3.05) is 13.8 Å². The molecular weight excluding hydrogens is 322 g/mol. The lowest BCUT2D eigenvalue weighted by Crippen LogP contribution is -2.86. The van der Waals surface area contributed by atoms with Crippen molar-refractivity contribution in [3.8, 4) is 11.5 Å². The van der Waals surface area contributed by atoms with E-state index in [2.05, 4.69) is 10.6 Å². The second-order valence-electron chi connectivity index (χ2n) is 5.58. The third-order valence-electron chi connectivity index (χ3n) is 3.93. The third-order valence-corrected chi connectivity index (χ3v) is 3.93. The van der Waals surface area contributed by atoms with Gasteiger partial charge in [0.15, 0.2) is 17.5 Å². The van der Waals surface area contributed by atoms with Gasteiger partial charge in [0.25, 0.3) is 5.91 Å². The Kier molecular flexibility index (Phi) is 5.15. The van der Waals surface area contributed by atoms with Gasteiger partial charge in [-0.3, -0.25) is 10.1 Å². The van der Waals surface area contributed by atoms with E-state index in [1.165, 1.54) is 7.05 Å². The summed E-state index contributed by atoms with van der Waals surface area (Å²) in [5, 5.41) is 6.61. The molecular formula is C18H20N3O4+. The Labute approximate surface area is 145 Å². The SMILES string of the molecule is CNC(=O)NC(=O)[C@@H]([NH2+]Cc1ccc2c(c1)OCO2)c1ccccc1. The molecule has 2 aromatic carbocycles. The lowest BCUT2D eigenvalue weighted by Gasteiger charge is -2.15. The van der Waals surface area contributed by atoms with E-state index in [1.54, 1.807) is 0 Å². The summed E-state index contributed by atoms with van der Waals surface area (Å²) in [6.45, 7) is 0.779. The predicted octanol–water partition coefficient (Wildman–Crippen LogP) is 0.676. The fourth-order valence-electron chi connectivity index (χ4n) is 2.63. The van der Waals surface area contributed by atoms with Crippen molar-refractivity contribution in [1.82, 2.24) is 10.6 Å². The number of hydrogen-bond donors (Lipinski definition) is 3. The number of nitrogens with two attached hydrogens (primary N) is 1. The monoisotopic (exact) mass is 342 g/mol. The van der Waals surface area contributed by atoms with E-state index in [0.29, 0.717) is 12.3 Å². The molecule has 2 aromatic rings. The molecule has 0 radical (unpaired) electrons. The fraction of sp³-hybridized carbons (Fsp3) is 0.222. The van der Waals surface area contributed by atoms with Crippen molar-refractivity contribution in [1.29, 1.82) is 0 Å². The number of rotatable bonds is 5. The molecule has 7 nitrogen and oxygen atoms in total. The summed E-state index contributed by atoms with van der Waals surface area (Å²) in [6.07, 6.45) is 0. The molecule has 4 N–H and O–H groups in total. The maximum Gasteiger partial charge on any atom is 0.321 e. The molecule has 0 spiro atoms. The van der Waals surface area contributed by atoms with Crippen molar-refractivity contribution in [3.05, 3.63) is 59.7 Å². The molecule has 0 aromatic heterocycles. The minimum absolute atomic E-state index is 0.226. The van der Waals surface area contributed by atoms with Crippen LogP contribution in [0.4, 0.5) is 4.79 Å². The molecule has 0 saturated heterocycles. The van der Waals surface area contributed by atoms with Crippen LogP contribution in [0.2, 0.25) is 0 Å². The van der Waals surface area contributed by atoms with E-state index < -0.39 is 12.1 Å². The summed E-state index contributed by atoms with van der Waals surface area (Å²) < 4.78 is 10.7. The van der Waals surface area contributed by atoms with Crippen LogP contribution in [0.3, 0.4) is 0 Å². The smallest absolute Gasteiger partial charge is 0.321 e. The van der Waals surface area contributed by atoms with Gasteiger partial charge < -0.3 is 20.1 Å². The van der Waals surface area contributed by atoms with Gasteiger partial charge in [0.2, 0.25) is 6.79 Å². The molecule has 0 aliphatic carbocycles. The summed E-state index contributed by atoms with van der Waals surface area (Å²) >= 11 is 0. The number of urea groups is 1. The first kappa shape index (κ1) is 16.8. The van der Waals surface area contributed by atoms with Crippen LogP contribution in [-0.4, -0.2) is 25.8 Å². The van der Waals surface area contributed by atoms with E-state index in [-0.39, 0.29) is 12.7 Å². The van der Waals surface area contributed by atoms with Gasteiger partial charge in [-0.15, -0.1) is 0 Å². The van der Waals surface area contributed by atoms with Gasteiger partial charge in [-0.2, -0.15) is 0 Å². The summed E-state index contributed by atoms with van der Waals surface area (Å²) in [5.74, 6) is 1.06. The van der Waals surface area contributed by atoms with Crippen LogP contribution < -0.4 is 25.4 Å². The molecule has 1 aliphatic heterocycles. The van der Waals surface area contributed by atoms with Gasteiger partial charge in [-0.25, -0.2) is 4.79 Å². The highest BCUT2D eigenvalue weighted by atomic mass is 16.7. The van der Waals surface area contributed by atoms with Crippen molar-refractivity contribution in [3.63, 3.8) is 0 Å². The average molecular weight is 342 g/mol. The van der Waals surface area contributed by atoms with Crippen molar-refractivity contribution in [2.45, 2.75) is 12.6 Å². The molecule has 3 amide bonds. The van der Waals surface area contributed by atoms with Crippen LogP contribution in [0.5, 0.6) is 11.5 Å². The summed E-state index contributed by atoms with van der Waals surface area (Å²) in [7, 11) is 1.47. The van der Waals surface area contributed by atoms with Crippen molar-refractivity contribution in [2.24, 2.45) is 0 Å². The molecule has 1 atom stereocenters. The van der Waals surface area contributed by atoms with Gasteiger partial charge in [-0.05, 0) is 18.2 Å². The standard InChI is InChI=1S/C18H19N3O4/c1-19-18(23)21-17(22)16(13-5-3-2-4-6-13)20-10-12-7-8-14-15(9-12)25-11-24-14/h2-9,16,20H,10-11H2,1H3,(H2,19,21,22,23)/p+1/t16-/m0/s1. The van der Waals surface area contributed by atoms with E-state index in [4.69, 9.17) is 9.47 Å². The maximum absolute atomic E-state index is 12.5. The Hall–Kier alpha value is -3.06. The fourth-order valence-corrected chi connectivity index (χ4v) is 2.63. The quantitative estimate of drug-likeness (QED) is 0.745. The zero-order valence-electron chi connectivity index (χ0n) is 13.8. The number of hydrogen-bond acceptors (Lipinski definition) is 4. The first-order valence-corrected chi connectivity index (χ1v) is 7.97. The van der Waals surface area contributed by atoms with Crippen LogP contribution in [0, 0.1) is 0 Å². The number of carbonyl (C=O) groups excluding carboxylic acids is 2. The minimum Gasteiger partial charge on any atom is -0.454 e. The van der Waals surface area contributed by atoms with Gasteiger partial charge in [0.1, 0.15) is 6.54 Å². The Morgan fingerprint density at radius 1 is 1.12 bits per heavy atom. The molecule has 0 fully saturated rings. The number of ether oxygens (including phenoxy) is 2. The second-order valence-corrected chi connectivity index (χ2v) is 5.58. The van der Waals surface area contributed by atoms with Gasteiger partial charge >= 0.3 is 6.03 Å². The highest BCUT2D eigenvalue weighted by molar-refractivity contribution is 5.96. The van der Waals surface area contributed by atoms with E-state index in [1.807, 2.05) is 53.8 Å². The normalized spacial score (nSPS) is 13.2. The molecule has 130 valence electrons. The van der Waals surface area contributed by atoms with Crippen LogP contribution in [-0.2, 0) is 11.3 Å². The van der Waals surface area contributed by atoms with Crippen LogP contribution >= 0.6 is 0 Å². The number of nitrogens with one attached hydrogen (secondary N) is 2.